The molecular weight excluding hydrogens is 236 g/mol. The lowest BCUT2D eigenvalue weighted by molar-refractivity contribution is 0.397. The van der Waals surface area contributed by atoms with Gasteiger partial charge in [0.25, 0.3) is 0 Å². The van der Waals surface area contributed by atoms with Gasteiger partial charge in [-0.1, -0.05) is 23.8 Å². The van der Waals surface area contributed by atoms with Crippen molar-refractivity contribution in [2.45, 2.75) is 45.3 Å². The van der Waals surface area contributed by atoms with Gasteiger partial charge in [-0.15, -0.1) is 0 Å². The Balaban J connectivity index is 1.67. The number of aryl methyl sites for hydroxylation is 2. The molecule has 100 valence electrons. The minimum absolute atomic E-state index is 0.387. The molecule has 0 spiro atoms. The SMILES string of the molecule is Cc1ccc2c(c1)[C@@H](N[C@@H](C)Cn1cncn1)CC2. The van der Waals surface area contributed by atoms with Gasteiger partial charge in [-0.2, -0.15) is 5.10 Å². The van der Waals surface area contributed by atoms with E-state index >= 15 is 0 Å². The zero-order valence-corrected chi connectivity index (χ0v) is 11.5. The van der Waals surface area contributed by atoms with E-state index in [2.05, 4.69) is 47.4 Å². The molecule has 1 aliphatic carbocycles. The fraction of sp³-hybridized carbons (Fsp3) is 0.467. The van der Waals surface area contributed by atoms with Gasteiger partial charge < -0.3 is 5.32 Å². The summed E-state index contributed by atoms with van der Waals surface area (Å²) < 4.78 is 1.88. The number of hydrogen-bond donors (Lipinski definition) is 1. The van der Waals surface area contributed by atoms with Crippen molar-refractivity contribution in [2.24, 2.45) is 0 Å². The molecule has 0 bridgehead atoms. The number of aromatic nitrogens is 3. The number of rotatable bonds is 4. The molecule has 0 unspecified atom stereocenters. The van der Waals surface area contributed by atoms with Gasteiger partial charge >= 0.3 is 0 Å². The fourth-order valence-electron chi connectivity index (χ4n) is 2.90. The molecule has 2 atom stereocenters. The molecule has 19 heavy (non-hydrogen) atoms. The highest BCUT2D eigenvalue weighted by Crippen LogP contribution is 2.32. The average molecular weight is 256 g/mol. The van der Waals surface area contributed by atoms with Crippen LogP contribution in [0.25, 0.3) is 0 Å². The second-order valence-corrected chi connectivity index (χ2v) is 5.48. The van der Waals surface area contributed by atoms with Gasteiger partial charge in [0.1, 0.15) is 12.7 Å². The number of hydrogen-bond acceptors (Lipinski definition) is 3. The van der Waals surface area contributed by atoms with E-state index in [-0.39, 0.29) is 0 Å². The topological polar surface area (TPSA) is 42.7 Å². The zero-order valence-electron chi connectivity index (χ0n) is 11.5. The summed E-state index contributed by atoms with van der Waals surface area (Å²) in [6.07, 6.45) is 5.73. The Labute approximate surface area is 113 Å². The summed E-state index contributed by atoms with van der Waals surface area (Å²) >= 11 is 0. The van der Waals surface area contributed by atoms with Crippen LogP contribution in [0.4, 0.5) is 0 Å². The molecule has 1 aromatic carbocycles. The Bertz CT molecular complexity index is 547. The molecule has 0 aliphatic heterocycles. The first-order valence-electron chi connectivity index (χ1n) is 6.90. The summed E-state index contributed by atoms with van der Waals surface area (Å²) in [5.41, 5.74) is 4.32. The molecule has 2 aromatic rings. The molecule has 1 heterocycles. The summed E-state index contributed by atoms with van der Waals surface area (Å²) in [6.45, 7) is 5.22. The van der Waals surface area contributed by atoms with Crippen LogP contribution in [0.3, 0.4) is 0 Å². The van der Waals surface area contributed by atoms with Gasteiger partial charge in [0.2, 0.25) is 0 Å². The predicted octanol–water partition coefficient (Wildman–Crippen LogP) is 2.25. The van der Waals surface area contributed by atoms with Crippen molar-refractivity contribution in [3.8, 4) is 0 Å². The van der Waals surface area contributed by atoms with Crippen molar-refractivity contribution in [3.05, 3.63) is 47.5 Å². The molecule has 0 saturated carbocycles. The lowest BCUT2D eigenvalue weighted by Crippen LogP contribution is -2.33. The van der Waals surface area contributed by atoms with Gasteiger partial charge in [-0.25, -0.2) is 4.98 Å². The van der Waals surface area contributed by atoms with Crippen molar-refractivity contribution in [3.63, 3.8) is 0 Å². The average Bonchev–Trinajstić information content (AvgIpc) is 3.00. The third-order valence-corrected chi connectivity index (χ3v) is 3.79. The van der Waals surface area contributed by atoms with Gasteiger partial charge in [0, 0.05) is 12.1 Å². The van der Waals surface area contributed by atoms with Crippen molar-refractivity contribution < 1.29 is 0 Å². The van der Waals surface area contributed by atoms with Gasteiger partial charge in [-0.3, -0.25) is 4.68 Å². The van der Waals surface area contributed by atoms with Crippen LogP contribution in [0.2, 0.25) is 0 Å². The third kappa shape index (κ3) is 2.68. The normalized spacial score (nSPS) is 19.4. The standard InChI is InChI=1S/C15H20N4/c1-11-3-4-13-5-6-15(14(13)7-11)18-12(2)8-19-10-16-9-17-19/h3-4,7,9-10,12,15,18H,5-6,8H2,1-2H3/t12-,15-/m0/s1. The lowest BCUT2D eigenvalue weighted by atomic mass is 10.0. The molecule has 1 aromatic heterocycles. The summed E-state index contributed by atoms with van der Waals surface area (Å²) in [4.78, 5) is 3.98. The van der Waals surface area contributed by atoms with Crippen LogP contribution in [-0.4, -0.2) is 20.8 Å². The van der Waals surface area contributed by atoms with E-state index in [9.17, 15) is 0 Å². The molecule has 1 aliphatic rings. The molecule has 4 nitrogen and oxygen atoms in total. The van der Waals surface area contributed by atoms with E-state index < -0.39 is 0 Å². The quantitative estimate of drug-likeness (QED) is 0.912. The van der Waals surface area contributed by atoms with E-state index in [0.717, 1.165) is 6.54 Å². The van der Waals surface area contributed by atoms with Crippen LogP contribution in [0, 0.1) is 6.92 Å². The molecule has 0 amide bonds. The van der Waals surface area contributed by atoms with E-state index in [1.165, 1.54) is 29.5 Å². The van der Waals surface area contributed by atoms with Crippen molar-refractivity contribution in [1.29, 1.82) is 0 Å². The second kappa shape index (κ2) is 5.13. The van der Waals surface area contributed by atoms with E-state index in [1.54, 1.807) is 12.7 Å². The van der Waals surface area contributed by atoms with Crippen LogP contribution >= 0.6 is 0 Å². The van der Waals surface area contributed by atoms with Gasteiger partial charge in [-0.05, 0) is 37.8 Å². The lowest BCUT2D eigenvalue weighted by Gasteiger charge is -2.20. The molecule has 0 fully saturated rings. The number of fused-ring (bicyclic) bond motifs is 1. The smallest absolute Gasteiger partial charge is 0.137 e. The first-order valence-corrected chi connectivity index (χ1v) is 6.90. The van der Waals surface area contributed by atoms with Crippen LogP contribution in [-0.2, 0) is 13.0 Å². The van der Waals surface area contributed by atoms with E-state index in [4.69, 9.17) is 0 Å². The van der Waals surface area contributed by atoms with Crippen molar-refractivity contribution in [1.82, 2.24) is 20.1 Å². The predicted molar refractivity (Wildman–Crippen MR) is 74.9 cm³/mol. The summed E-state index contributed by atoms with van der Waals surface area (Å²) in [5, 5.41) is 7.87. The molecular formula is C15H20N4. The monoisotopic (exact) mass is 256 g/mol. The Kier molecular flexibility index (Phi) is 3.34. The first-order chi connectivity index (χ1) is 9.22. The van der Waals surface area contributed by atoms with Crippen LogP contribution < -0.4 is 5.32 Å². The largest absolute Gasteiger partial charge is 0.306 e. The molecule has 3 rings (SSSR count). The number of benzene rings is 1. The zero-order chi connectivity index (χ0) is 13.2. The molecule has 4 heteroatoms. The van der Waals surface area contributed by atoms with Crippen molar-refractivity contribution >= 4 is 0 Å². The Morgan fingerprint density at radius 1 is 1.47 bits per heavy atom. The fourth-order valence-corrected chi connectivity index (χ4v) is 2.90. The van der Waals surface area contributed by atoms with Crippen LogP contribution in [0.5, 0.6) is 0 Å². The number of nitrogens with one attached hydrogen (secondary N) is 1. The number of nitrogens with zero attached hydrogens (tertiary/aromatic N) is 3. The molecule has 0 radical (unpaired) electrons. The van der Waals surface area contributed by atoms with E-state index in [1.807, 2.05) is 4.68 Å². The highest BCUT2D eigenvalue weighted by Gasteiger charge is 2.23. The Hall–Kier alpha value is -1.68. The minimum atomic E-state index is 0.387. The maximum absolute atomic E-state index is 4.15. The Morgan fingerprint density at radius 2 is 2.37 bits per heavy atom. The summed E-state index contributed by atoms with van der Waals surface area (Å²) in [7, 11) is 0. The molecule has 1 N–H and O–H groups in total. The first kappa shape index (κ1) is 12.4. The van der Waals surface area contributed by atoms with Gasteiger partial charge in [0.15, 0.2) is 0 Å². The van der Waals surface area contributed by atoms with Crippen LogP contribution in [0.1, 0.15) is 36.1 Å². The van der Waals surface area contributed by atoms with Gasteiger partial charge in [0.05, 0.1) is 6.54 Å². The van der Waals surface area contributed by atoms with E-state index in [0.29, 0.717) is 12.1 Å². The van der Waals surface area contributed by atoms with Crippen molar-refractivity contribution in [2.75, 3.05) is 0 Å². The molecule has 0 saturated heterocycles. The minimum Gasteiger partial charge on any atom is -0.306 e. The third-order valence-electron chi connectivity index (χ3n) is 3.79. The Morgan fingerprint density at radius 3 is 3.16 bits per heavy atom. The highest BCUT2D eigenvalue weighted by atomic mass is 15.3. The summed E-state index contributed by atoms with van der Waals surface area (Å²) in [6, 6.07) is 7.67. The highest BCUT2D eigenvalue weighted by molar-refractivity contribution is 5.37. The maximum atomic E-state index is 4.15. The summed E-state index contributed by atoms with van der Waals surface area (Å²) in [5.74, 6) is 0. The maximum Gasteiger partial charge on any atom is 0.137 e. The second-order valence-electron chi connectivity index (χ2n) is 5.48. The van der Waals surface area contributed by atoms with Crippen LogP contribution in [0.15, 0.2) is 30.9 Å².